The molecule has 1 aliphatic heterocycles. The molecule has 2 N–H and O–H groups in total. The summed E-state index contributed by atoms with van der Waals surface area (Å²) in [5.41, 5.74) is 6.12. The number of hydrogen-bond donors (Lipinski definition) is 1. The Balaban J connectivity index is 2.09. The molecule has 2 rings (SSSR count). The molecule has 0 amide bonds. The van der Waals surface area contributed by atoms with Crippen LogP contribution < -0.4 is 10.6 Å². The van der Waals surface area contributed by atoms with Crippen LogP contribution >= 0.6 is 0 Å². The Bertz CT molecular complexity index is 385. The van der Waals surface area contributed by atoms with Gasteiger partial charge in [0.15, 0.2) is 0 Å². The number of ether oxygens (including phenoxy) is 1. The van der Waals surface area contributed by atoms with Gasteiger partial charge >= 0.3 is 6.18 Å². The highest BCUT2D eigenvalue weighted by molar-refractivity contribution is 5.48. The first-order valence-electron chi connectivity index (χ1n) is 5.73. The standard InChI is InChI=1S/C12H15F3N2O/c13-12(14,15)11(16)9-1-3-10(4-2-9)17-5-7-18-8-6-17/h1-4,11H,5-8,16H2/t11-/m0/s1. The molecule has 0 unspecified atom stereocenters. The van der Waals surface area contributed by atoms with Gasteiger partial charge < -0.3 is 15.4 Å². The van der Waals surface area contributed by atoms with Crippen LogP contribution in [0.5, 0.6) is 0 Å². The quantitative estimate of drug-likeness (QED) is 0.884. The molecule has 0 saturated carbocycles. The van der Waals surface area contributed by atoms with E-state index in [4.69, 9.17) is 10.5 Å². The van der Waals surface area contributed by atoms with E-state index < -0.39 is 12.2 Å². The van der Waals surface area contributed by atoms with Gasteiger partial charge in [0.05, 0.1) is 13.2 Å². The summed E-state index contributed by atoms with van der Waals surface area (Å²) in [4.78, 5) is 2.08. The summed E-state index contributed by atoms with van der Waals surface area (Å²) in [5, 5.41) is 0. The zero-order chi connectivity index (χ0) is 13.2. The number of rotatable bonds is 2. The van der Waals surface area contributed by atoms with E-state index in [1.165, 1.54) is 12.1 Å². The lowest BCUT2D eigenvalue weighted by Gasteiger charge is -2.29. The number of alkyl halides is 3. The lowest BCUT2D eigenvalue weighted by Crippen LogP contribution is -2.36. The summed E-state index contributed by atoms with van der Waals surface area (Å²) in [6.45, 7) is 2.79. The summed E-state index contributed by atoms with van der Waals surface area (Å²) >= 11 is 0. The van der Waals surface area contributed by atoms with Crippen molar-refractivity contribution >= 4 is 5.69 Å². The minimum absolute atomic E-state index is 0.0829. The van der Waals surface area contributed by atoms with Crippen LogP contribution in [0.4, 0.5) is 18.9 Å². The summed E-state index contributed by atoms with van der Waals surface area (Å²) in [6, 6.07) is 4.29. The van der Waals surface area contributed by atoms with E-state index in [9.17, 15) is 13.2 Å². The Labute approximate surface area is 103 Å². The fraction of sp³-hybridized carbons (Fsp3) is 0.500. The Morgan fingerprint density at radius 1 is 1.11 bits per heavy atom. The predicted octanol–water partition coefficient (Wildman–Crippen LogP) is 2.09. The number of morpholine rings is 1. The molecule has 1 atom stereocenters. The van der Waals surface area contributed by atoms with Gasteiger partial charge in [-0.05, 0) is 17.7 Å². The molecule has 6 heteroatoms. The lowest BCUT2D eigenvalue weighted by molar-refractivity contribution is -0.149. The van der Waals surface area contributed by atoms with Gasteiger partial charge in [0.2, 0.25) is 0 Å². The van der Waals surface area contributed by atoms with Gasteiger partial charge in [0, 0.05) is 18.8 Å². The third-order valence-corrected chi connectivity index (χ3v) is 2.98. The zero-order valence-electron chi connectivity index (χ0n) is 9.78. The highest BCUT2D eigenvalue weighted by Gasteiger charge is 2.37. The van der Waals surface area contributed by atoms with Crippen LogP contribution in [0, 0.1) is 0 Å². The van der Waals surface area contributed by atoms with Crippen LogP contribution in [0.25, 0.3) is 0 Å². The SMILES string of the molecule is N[C@@H](c1ccc(N2CCOCC2)cc1)C(F)(F)F. The maximum absolute atomic E-state index is 12.4. The van der Waals surface area contributed by atoms with Crippen molar-refractivity contribution in [3.05, 3.63) is 29.8 Å². The van der Waals surface area contributed by atoms with Crippen molar-refractivity contribution in [2.75, 3.05) is 31.2 Å². The first-order chi connectivity index (χ1) is 8.48. The fourth-order valence-corrected chi connectivity index (χ4v) is 1.90. The third-order valence-electron chi connectivity index (χ3n) is 2.98. The first kappa shape index (κ1) is 13.2. The average molecular weight is 260 g/mol. The summed E-state index contributed by atoms with van der Waals surface area (Å²) in [5.74, 6) is 0. The van der Waals surface area contributed by atoms with Crippen molar-refractivity contribution < 1.29 is 17.9 Å². The van der Waals surface area contributed by atoms with E-state index in [0.717, 1.165) is 18.8 Å². The van der Waals surface area contributed by atoms with Gasteiger partial charge in [0.1, 0.15) is 6.04 Å². The van der Waals surface area contributed by atoms with E-state index in [1.807, 2.05) is 0 Å². The summed E-state index contributed by atoms with van der Waals surface area (Å²) in [6.07, 6.45) is -4.40. The average Bonchev–Trinajstić information content (AvgIpc) is 2.38. The van der Waals surface area contributed by atoms with Crippen LogP contribution in [0.2, 0.25) is 0 Å². The van der Waals surface area contributed by atoms with Gasteiger partial charge in [-0.1, -0.05) is 12.1 Å². The van der Waals surface area contributed by atoms with Gasteiger partial charge in [-0.15, -0.1) is 0 Å². The third kappa shape index (κ3) is 2.94. The molecule has 1 aliphatic rings. The summed E-state index contributed by atoms with van der Waals surface area (Å²) in [7, 11) is 0. The van der Waals surface area contributed by atoms with Crippen LogP contribution in [0.15, 0.2) is 24.3 Å². The molecule has 18 heavy (non-hydrogen) atoms. The Morgan fingerprint density at radius 2 is 1.67 bits per heavy atom. The molecule has 1 aromatic rings. The molecule has 0 spiro atoms. The molecule has 1 heterocycles. The van der Waals surface area contributed by atoms with Crippen molar-refractivity contribution in [2.24, 2.45) is 5.73 Å². The van der Waals surface area contributed by atoms with Crippen LogP contribution in [-0.2, 0) is 4.74 Å². The predicted molar refractivity (Wildman–Crippen MR) is 62.5 cm³/mol. The molecule has 0 radical (unpaired) electrons. The second-order valence-corrected chi connectivity index (χ2v) is 4.21. The topological polar surface area (TPSA) is 38.5 Å². The normalized spacial score (nSPS) is 18.8. The number of halogens is 3. The van der Waals surface area contributed by atoms with Crippen molar-refractivity contribution in [1.82, 2.24) is 0 Å². The lowest BCUT2D eigenvalue weighted by atomic mass is 10.1. The Kier molecular flexibility index (Phi) is 3.77. The number of nitrogens with two attached hydrogens (primary N) is 1. The Morgan fingerprint density at radius 3 is 2.17 bits per heavy atom. The molecule has 100 valence electrons. The van der Waals surface area contributed by atoms with Crippen LogP contribution in [0.3, 0.4) is 0 Å². The molecule has 0 aliphatic carbocycles. The number of benzene rings is 1. The minimum Gasteiger partial charge on any atom is -0.378 e. The zero-order valence-corrected chi connectivity index (χ0v) is 9.78. The maximum atomic E-state index is 12.4. The molecule has 1 fully saturated rings. The van der Waals surface area contributed by atoms with Gasteiger partial charge in [0.25, 0.3) is 0 Å². The first-order valence-corrected chi connectivity index (χ1v) is 5.73. The highest BCUT2D eigenvalue weighted by atomic mass is 19.4. The van der Waals surface area contributed by atoms with E-state index in [1.54, 1.807) is 12.1 Å². The molecule has 1 aromatic carbocycles. The minimum atomic E-state index is -4.40. The second kappa shape index (κ2) is 5.16. The van der Waals surface area contributed by atoms with Crippen molar-refractivity contribution in [3.8, 4) is 0 Å². The van der Waals surface area contributed by atoms with E-state index in [-0.39, 0.29) is 5.56 Å². The van der Waals surface area contributed by atoms with Gasteiger partial charge in [-0.25, -0.2) is 0 Å². The molecule has 3 nitrogen and oxygen atoms in total. The number of anilines is 1. The van der Waals surface area contributed by atoms with E-state index in [0.29, 0.717) is 13.2 Å². The molecular weight excluding hydrogens is 245 g/mol. The largest absolute Gasteiger partial charge is 0.407 e. The summed E-state index contributed by atoms with van der Waals surface area (Å²) < 4.78 is 42.5. The molecule has 1 saturated heterocycles. The molecule has 0 bridgehead atoms. The highest BCUT2D eigenvalue weighted by Crippen LogP contribution is 2.31. The maximum Gasteiger partial charge on any atom is 0.407 e. The number of hydrogen-bond acceptors (Lipinski definition) is 3. The second-order valence-electron chi connectivity index (χ2n) is 4.21. The van der Waals surface area contributed by atoms with E-state index >= 15 is 0 Å². The van der Waals surface area contributed by atoms with Crippen molar-refractivity contribution in [3.63, 3.8) is 0 Å². The molecular formula is C12H15F3N2O. The van der Waals surface area contributed by atoms with E-state index in [2.05, 4.69) is 4.90 Å². The van der Waals surface area contributed by atoms with Gasteiger partial charge in [-0.2, -0.15) is 13.2 Å². The fourth-order valence-electron chi connectivity index (χ4n) is 1.90. The van der Waals surface area contributed by atoms with Crippen molar-refractivity contribution in [1.29, 1.82) is 0 Å². The van der Waals surface area contributed by atoms with Gasteiger partial charge in [-0.3, -0.25) is 0 Å². The Hall–Kier alpha value is -1.27. The number of nitrogens with zero attached hydrogens (tertiary/aromatic N) is 1. The van der Waals surface area contributed by atoms with Crippen LogP contribution in [-0.4, -0.2) is 32.5 Å². The molecule has 0 aromatic heterocycles. The van der Waals surface area contributed by atoms with Crippen LogP contribution in [0.1, 0.15) is 11.6 Å². The monoisotopic (exact) mass is 260 g/mol. The van der Waals surface area contributed by atoms with Crippen molar-refractivity contribution in [2.45, 2.75) is 12.2 Å². The smallest absolute Gasteiger partial charge is 0.378 e.